The predicted octanol–water partition coefficient (Wildman–Crippen LogP) is 7.22. The molecule has 0 aliphatic rings. The SMILES string of the molecule is CCCN(C(=O)OC(C)(C)C)c1ccc(-c2c(OC)cc(Cl)c3[nH]c(=O)c4sccc4c23)cc1. The molecule has 4 rings (SSSR count). The zero-order valence-corrected chi connectivity index (χ0v) is 21.4. The molecule has 1 N–H and O–H groups in total. The first-order chi connectivity index (χ1) is 16.1. The summed E-state index contributed by atoms with van der Waals surface area (Å²) in [5.41, 5.74) is 2.26. The third kappa shape index (κ3) is 4.50. The van der Waals surface area contributed by atoms with Gasteiger partial charge in [-0.3, -0.25) is 9.69 Å². The van der Waals surface area contributed by atoms with Gasteiger partial charge in [0.2, 0.25) is 0 Å². The van der Waals surface area contributed by atoms with Crippen molar-refractivity contribution in [2.45, 2.75) is 39.7 Å². The Bertz CT molecular complexity index is 1420. The molecule has 0 atom stereocenters. The number of benzene rings is 2. The van der Waals surface area contributed by atoms with Gasteiger partial charge in [-0.1, -0.05) is 30.7 Å². The molecule has 0 aliphatic heterocycles. The van der Waals surface area contributed by atoms with Gasteiger partial charge in [-0.15, -0.1) is 11.3 Å². The summed E-state index contributed by atoms with van der Waals surface area (Å²) in [6.45, 7) is 8.12. The number of amides is 1. The summed E-state index contributed by atoms with van der Waals surface area (Å²) in [6.07, 6.45) is 0.411. The Hall–Kier alpha value is -3.03. The second-order valence-corrected chi connectivity index (χ2v) is 10.3. The lowest BCUT2D eigenvalue weighted by atomic mass is 9.97. The highest BCUT2D eigenvalue weighted by molar-refractivity contribution is 7.17. The van der Waals surface area contributed by atoms with E-state index in [4.69, 9.17) is 21.1 Å². The van der Waals surface area contributed by atoms with E-state index >= 15 is 0 Å². The number of anilines is 1. The van der Waals surface area contributed by atoms with Gasteiger partial charge in [-0.25, -0.2) is 4.79 Å². The molecule has 0 aliphatic carbocycles. The molecule has 6 nitrogen and oxygen atoms in total. The number of hydrogen-bond donors (Lipinski definition) is 1. The largest absolute Gasteiger partial charge is 0.496 e. The minimum Gasteiger partial charge on any atom is -0.496 e. The van der Waals surface area contributed by atoms with Crippen LogP contribution in [0.15, 0.2) is 46.6 Å². The van der Waals surface area contributed by atoms with Crippen molar-refractivity contribution < 1.29 is 14.3 Å². The molecule has 0 unspecified atom stereocenters. The molecule has 2 aromatic heterocycles. The minimum absolute atomic E-state index is 0.168. The lowest BCUT2D eigenvalue weighted by Gasteiger charge is -2.27. The van der Waals surface area contributed by atoms with E-state index in [0.29, 0.717) is 27.5 Å². The number of halogens is 1. The summed E-state index contributed by atoms with van der Waals surface area (Å²) in [6, 6.07) is 11.3. The van der Waals surface area contributed by atoms with Gasteiger partial charge in [0, 0.05) is 34.6 Å². The Kier molecular flexibility index (Phi) is 6.60. The zero-order chi connectivity index (χ0) is 24.6. The molecule has 0 spiro atoms. The molecule has 1 amide bonds. The van der Waals surface area contributed by atoms with Crippen molar-refractivity contribution in [3.05, 3.63) is 57.2 Å². The molecule has 178 valence electrons. The molecule has 2 heterocycles. The third-order valence-corrected chi connectivity index (χ3v) is 6.58. The average Bonchev–Trinajstić information content (AvgIpc) is 3.28. The van der Waals surface area contributed by atoms with Crippen molar-refractivity contribution in [2.75, 3.05) is 18.6 Å². The summed E-state index contributed by atoms with van der Waals surface area (Å²) in [4.78, 5) is 29.9. The van der Waals surface area contributed by atoms with E-state index in [2.05, 4.69) is 4.98 Å². The van der Waals surface area contributed by atoms with Gasteiger partial charge in [0.1, 0.15) is 16.1 Å². The van der Waals surface area contributed by atoms with Crippen LogP contribution in [0.2, 0.25) is 5.02 Å². The molecule has 0 radical (unpaired) electrons. The lowest BCUT2D eigenvalue weighted by molar-refractivity contribution is 0.0580. The maximum Gasteiger partial charge on any atom is 0.414 e. The lowest BCUT2D eigenvalue weighted by Crippen LogP contribution is -2.37. The van der Waals surface area contributed by atoms with Crippen molar-refractivity contribution in [3.63, 3.8) is 0 Å². The number of carbonyl (C=O) groups is 1. The van der Waals surface area contributed by atoms with Gasteiger partial charge in [0.25, 0.3) is 5.56 Å². The average molecular weight is 499 g/mol. The highest BCUT2D eigenvalue weighted by atomic mass is 35.5. The van der Waals surface area contributed by atoms with Crippen LogP contribution in [0.25, 0.3) is 32.1 Å². The zero-order valence-electron chi connectivity index (χ0n) is 19.8. The van der Waals surface area contributed by atoms with Crippen molar-refractivity contribution >= 4 is 55.7 Å². The summed E-state index contributed by atoms with van der Waals surface area (Å²) in [5.74, 6) is 0.599. The Morgan fingerprint density at radius 3 is 2.50 bits per heavy atom. The number of hydrogen-bond acceptors (Lipinski definition) is 5. The number of nitrogens with one attached hydrogen (secondary N) is 1. The number of aromatic nitrogens is 1. The quantitative estimate of drug-likeness (QED) is 0.315. The van der Waals surface area contributed by atoms with E-state index < -0.39 is 5.60 Å². The number of aromatic amines is 1. The van der Waals surface area contributed by atoms with Crippen LogP contribution in [0.1, 0.15) is 34.1 Å². The second-order valence-electron chi connectivity index (χ2n) is 8.98. The maximum atomic E-state index is 12.8. The van der Waals surface area contributed by atoms with Gasteiger partial charge in [-0.2, -0.15) is 0 Å². The fraction of sp³-hybridized carbons (Fsp3) is 0.308. The van der Waals surface area contributed by atoms with E-state index in [9.17, 15) is 9.59 Å². The van der Waals surface area contributed by atoms with Crippen LogP contribution in [-0.2, 0) is 4.74 Å². The first-order valence-corrected chi connectivity index (χ1v) is 12.3. The van der Waals surface area contributed by atoms with E-state index in [1.165, 1.54) is 11.3 Å². The Morgan fingerprint density at radius 1 is 1.18 bits per heavy atom. The molecule has 8 heteroatoms. The number of ether oxygens (including phenoxy) is 2. The molecule has 0 bridgehead atoms. The summed E-state index contributed by atoms with van der Waals surface area (Å²) in [5, 5.41) is 3.95. The van der Waals surface area contributed by atoms with Crippen molar-refractivity contribution in [2.24, 2.45) is 0 Å². The first kappa shape index (κ1) is 24.1. The smallest absolute Gasteiger partial charge is 0.414 e. The van der Waals surface area contributed by atoms with Crippen LogP contribution in [0.4, 0.5) is 10.5 Å². The molecule has 0 fully saturated rings. The van der Waals surface area contributed by atoms with Crippen LogP contribution in [0, 0.1) is 0 Å². The van der Waals surface area contributed by atoms with Gasteiger partial charge in [0.15, 0.2) is 0 Å². The van der Waals surface area contributed by atoms with Crippen molar-refractivity contribution in [1.82, 2.24) is 4.98 Å². The number of nitrogens with zero attached hydrogens (tertiary/aromatic N) is 1. The molecular formula is C26H27ClN2O4S. The topological polar surface area (TPSA) is 71.6 Å². The standard InChI is InChI=1S/C26H27ClN2O4S/c1-6-12-29(25(31)33-26(2,3)4)16-9-7-15(8-10-16)20-19(32-5)14-18(27)22-21(20)17-11-13-34-23(17)24(30)28-22/h7-11,13-14H,6,12H2,1-5H3,(H,28,30). The van der Waals surface area contributed by atoms with E-state index in [0.717, 1.165) is 34.0 Å². The summed E-state index contributed by atoms with van der Waals surface area (Å²) >= 11 is 7.91. The molecule has 2 aromatic carbocycles. The van der Waals surface area contributed by atoms with Crippen LogP contribution < -0.4 is 15.2 Å². The highest BCUT2D eigenvalue weighted by Gasteiger charge is 2.24. The fourth-order valence-corrected chi connectivity index (χ4v) is 5.03. The van der Waals surface area contributed by atoms with Gasteiger partial charge < -0.3 is 14.5 Å². The van der Waals surface area contributed by atoms with Crippen molar-refractivity contribution in [3.8, 4) is 16.9 Å². The van der Waals surface area contributed by atoms with E-state index in [1.54, 1.807) is 18.1 Å². The Balaban J connectivity index is 1.87. The fourth-order valence-electron chi connectivity index (χ4n) is 3.99. The molecular weight excluding hydrogens is 472 g/mol. The minimum atomic E-state index is -0.582. The number of methoxy groups -OCH3 is 1. The summed E-state index contributed by atoms with van der Waals surface area (Å²) in [7, 11) is 1.59. The predicted molar refractivity (Wildman–Crippen MR) is 141 cm³/mol. The van der Waals surface area contributed by atoms with Gasteiger partial charge >= 0.3 is 6.09 Å². The number of thiophene rings is 1. The van der Waals surface area contributed by atoms with Crippen LogP contribution in [0.5, 0.6) is 5.75 Å². The molecule has 0 saturated heterocycles. The normalized spacial score (nSPS) is 11.7. The molecule has 4 aromatic rings. The Morgan fingerprint density at radius 2 is 1.88 bits per heavy atom. The Labute approximate surface area is 207 Å². The number of carbonyl (C=O) groups excluding carboxylic acids is 1. The van der Waals surface area contributed by atoms with Crippen LogP contribution >= 0.6 is 22.9 Å². The van der Waals surface area contributed by atoms with Gasteiger partial charge in [0.05, 0.1) is 17.6 Å². The molecule has 0 saturated carbocycles. The molecule has 34 heavy (non-hydrogen) atoms. The summed E-state index contributed by atoms with van der Waals surface area (Å²) < 4.78 is 11.9. The van der Waals surface area contributed by atoms with Crippen molar-refractivity contribution in [1.29, 1.82) is 0 Å². The maximum absolute atomic E-state index is 12.8. The third-order valence-electron chi connectivity index (χ3n) is 5.37. The number of H-pyrrole nitrogens is 1. The van der Waals surface area contributed by atoms with Crippen LogP contribution in [0.3, 0.4) is 0 Å². The van der Waals surface area contributed by atoms with E-state index in [1.807, 2.05) is 63.4 Å². The van der Waals surface area contributed by atoms with Gasteiger partial charge in [-0.05, 0) is 56.3 Å². The van der Waals surface area contributed by atoms with E-state index in [-0.39, 0.29) is 11.7 Å². The number of rotatable bonds is 5. The van der Waals surface area contributed by atoms with Crippen LogP contribution in [-0.4, -0.2) is 30.3 Å². The monoisotopic (exact) mass is 498 g/mol. The highest BCUT2D eigenvalue weighted by Crippen LogP contribution is 2.43. The first-order valence-electron chi connectivity index (χ1n) is 11.0. The second kappa shape index (κ2) is 9.31. The number of fused-ring (bicyclic) bond motifs is 3. The number of pyridine rings is 1.